The number of fused-ring (bicyclic) bond motifs is 1. The second-order valence-corrected chi connectivity index (χ2v) is 5.89. The standard InChI is InChI=1S/C17H15N3O5/c1-20-15(21)13-11(8-4-3-5-9(6-8)24-2)12-10(7-25-16(12)22)18-14(13)19-17(20)23/h3-6,11,18H,7H2,1-2H3,(H,19,23). The highest BCUT2D eigenvalue weighted by Crippen LogP contribution is 2.42. The quantitative estimate of drug-likeness (QED) is 0.769. The number of H-pyrrole nitrogens is 1. The summed E-state index contributed by atoms with van der Waals surface area (Å²) in [5.41, 5.74) is 0.935. The molecular weight excluding hydrogens is 326 g/mol. The summed E-state index contributed by atoms with van der Waals surface area (Å²) in [6, 6.07) is 7.13. The summed E-state index contributed by atoms with van der Waals surface area (Å²) in [6.07, 6.45) is 0. The van der Waals surface area contributed by atoms with Crippen molar-refractivity contribution in [2.24, 2.45) is 7.05 Å². The maximum atomic E-state index is 12.8. The first-order valence-electron chi connectivity index (χ1n) is 7.65. The zero-order valence-corrected chi connectivity index (χ0v) is 13.6. The van der Waals surface area contributed by atoms with Crippen LogP contribution in [0.5, 0.6) is 5.75 Å². The fraction of sp³-hybridized carbons (Fsp3) is 0.235. The number of esters is 1. The van der Waals surface area contributed by atoms with E-state index in [9.17, 15) is 14.4 Å². The number of benzene rings is 1. The van der Waals surface area contributed by atoms with Crippen LogP contribution in [0.25, 0.3) is 0 Å². The topological polar surface area (TPSA) is 102 Å². The molecule has 2 aliphatic heterocycles. The normalized spacial score (nSPS) is 18.3. The molecule has 8 nitrogen and oxygen atoms in total. The SMILES string of the molecule is COc1cccc(C2C3=C(COC3=O)Nc3[nH]c(=O)n(C)c(=O)c32)c1. The molecular formula is C17H15N3O5. The number of carbonyl (C=O) groups is 1. The molecule has 4 rings (SSSR count). The molecule has 0 amide bonds. The molecule has 1 aromatic heterocycles. The number of rotatable bonds is 2. The van der Waals surface area contributed by atoms with Crippen molar-refractivity contribution in [3.05, 3.63) is 67.5 Å². The number of hydrogen-bond donors (Lipinski definition) is 2. The average molecular weight is 341 g/mol. The molecule has 0 saturated heterocycles. The number of cyclic esters (lactones) is 1. The van der Waals surface area contributed by atoms with Crippen LogP contribution < -0.4 is 21.3 Å². The van der Waals surface area contributed by atoms with E-state index < -0.39 is 23.1 Å². The van der Waals surface area contributed by atoms with E-state index in [4.69, 9.17) is 9.47 Å². The Hall–Kier alpha value is -3.29. The van der Waals surface area contributed by atoms with Gasteiger partial charge in [-0.3, -0.25) is 14.3 Å². The summed E-state index contributed by atoms with van der Waals surface area (Å²) >= 11 is 0. The number of aromatic nitrogens is 2. The van der Waals surface area contributed by atoms with Gasteiger partial charge in [0.05, 0.1) is 29.9 Å². The van der Waals surface area contributed by atoms with Gasteiger partial charge in [-0.1, -0.05) is 12.1 Å². The van der Waals surface area contributed by atoms with Crippen LogP contribution in [-0.4, -0.2) is 29.2 Å². The van der Waals surface area contributed by atoms with E-state index >= 15 is 0 Å². The van der Waals surface area contributed by atoms with Gasteiger partial charge < -0.3 is 14.8 Å². The first kappa shape index (κ1) is 15.3. The highest BCUT2D eigenvalue weighted by molar-refractivity contribution is 5.96. The molecule has 3 heterocycles. The van der Waals surface area contributed by atoms with Crippen molar-refractivity contribution in [1.29, 1.82) is 0 Å². The van der Waals surface area contributed by atoms with Gasteiger partial charge in [-0.2, -0.15) is 0 Å². The van der Waals surface area contributed by atoms with Crippen molar-refractivity contribution in [3.63, 3.8) is 0 Å². The maximum Gasteiger partial charge on any atom is 0.337 e. The van der Waals surface area contributed by atoms with Gasteiger partial charge in [0.25, 0.3) is 5.56 Å². The summed E-state index contributed by atoms with van der Waals surface area (Å²) in [5, 5.41) is 2.96. The summed E-state index contributed by atoms with van der Waals surface area (Å²) in [5.74, 6) is -0.230. The Balaban J connectivity index is 2.03. The summed E-state index contributed by atoms with van der Waals surface area (Å²) < 4.78 is 11.4. The second-order valence-electron chi connectivity index (χ2n) is 5.89. The van der Waals surface area contributed by atoms with Gasteiger partial charge in [-0.25, -0.2) is 9.59 Å². The largest absolute Gasteiger partial charge is 0.497 e. The molecule has 0 fully saturated rings. The van der Waals surface area contributed by atoms with Crippen LogP contribution in [0.1, 0.15) is 17.0 Å². The molecule has 0 radical (unpaired) electrons. The lowest BCUT2D eigenvalue weighted by molar-refractivity contribution is -0.136. The van der Waals surface area contributed by atoms with Gasteiger partial charge in [-0.15, -0.1) is 0 Å². The number of ether oxygens (including phenoxy) is 2. The van der Waals surface area contributed by atoms with Crippen LogP contribution in [0, 0.1) is 0 Å². The van der Waals surface area contributed by atoms with Crippen LogP contribution in [0.2, 0.25) is 0 Å². The number of nitrogens with zero attached hydrogens (tertiary/aromatic N) is 1. The Labute approximate surface area is 141 Å². The molecule has 25 heavy (non-hydrogen) atoms. The fourth-order valence-corrected chi connectivity index (χ4v) is 3.27. The zero-order valence-electron chi connectivity index (χ0n) is 13.6. The molecule has 0 spiro atoms. The van der Waals surface area contributed by atoms with E-state index in [1.807, 2.05) is 6.07 Å². The smallest absolute Gasteiger partial charge is 0.337 e. The number of anilines is 1. The lowest BCUT2D eigenvalue weighted by atomic mass is 9.83. The van der Waals surface area contributed by atoms with Gasteiger partial charge in [0, 0.05) is 7.05 Å². The molecule has 0 bridgehead atoms. The number of nitrogens with one attached hydrogen (secondary N) is 2. The molecule has 0 aliphatic carbocycles. The van der Waals surface area contributed by atoms with E-state index in [0.29, 0.717) is 28.1 Å². The van der Waals surface area contributed by atoms with Crippen molar-refractivity contribution in [3.8, 4) is 5.75 Å². The zero-order chi connectivity index (χ0) is 17.7. The van der Waals surface area contributed by atoms with Crippen molar-refractivity contribution >= 4 is 11.8 Å². The second kappa shape index (κ2) is 5.37. The Morgan fingerprint density at radius 1 is 1.28 bits per heavy atom. The summed E-state index contributed by atoms with van der Waals surface area (Å²) in [7, 11) is 2.93. The Morgan fingerprint density at radius 2 is 2.08 bits per heavy atom. The highest BCUT2D eigenvalue weighted by atomic mass is 16.5. The number of hydrogen-bond acceptors (Lipinski definition) is 6. The average Bonchev–Trinajstić information content (AvgIpc) is 2.99. The van der Waals surface area contributed by atoms with Gasteiger partial charge in [0.1, 0.15) is 18.2 Å². The summed E-state index contributed by atoms with van der Waals surface area (Å²) in [4.78, 5) is 39.7. The van der Waals surface area contributed by atoms with Crippen molar-refractivity contribution in [1.82, 2.24) is 9.55 Å². The Kier molecular flexibility index (Phi) is 3.28. The predicted molar refractivity (Wildman–Crippen MR) is 88.7 cm³/mol. The summed E-state index contributed by atoms with van der Waals surface area (Å²) in [6.45, 7) is 0.0747. The van der Waals surface area contributed by atoms with E-state index in [-0.39, 0.29) is 12.4 Å². The lowest BCUT2D eigenvalue weighted by Gasteiger charge is -2.26. The Bertz CT molecular complexity index is 1050. The van der Waals surface area contributed by atoms with Crippen LogP contribution in [-0.2, 0) is 16.6 Å². The monoisotopic (exact) mass is 341 g/mol. The van der Waals surface area contributed by atoms with E-state index in [1.165, 1.54) is 7.05 Å². The van der Waals surface area contributed by atoms with Gasteiger partial charge in [0.2, 0.25) is 0 Å². The van der Waals surface area contributed by atoms with Crippen molar-refractivity contribution in [2.45, 2.75) is 5.92 Å². The van der Waals surface area contributed by atoms with E-state index in [1.54, 1.807) is 25.3 Å². The minimum atomic E-state index is -0.646. The highest BCUT2D eigenvalue weighted by Gasteiger charge is 2.40. The predicted octanol–water partition coefficient (Wildman–Crippen LogP) is 0.450. The number of carbonyl (C=O) groups excluding carboxylic acids is 1. The van der Waals surface area contributed by atoms with E-state index in [0.717, 1.165) is 4.57 Å². The molecule has 2 aromatic rings. The van der Waals surface area contributed by atoms with Crippen LogP contribution >= 0.6 is 0 Å². The first-order chi connectivity index (χ1) is 12.0. The molecule has 1 atom stereocenters. The van der Waals surface area contributed by atoms with Gasteiger partial charge >= 0.3 is 11.7 Å². The van der Waals surface area contributed by atoms with Crippen molar-refractivity contribution in [2.75, 3.05) is 19.0 Å². The number of aromatic amines is 1. The molecule has 2 aliphatic rings. The molecule has 0 saturated carbocycles. The minimum Gasteiger partial charge on any atom is -0.497 e. The van der Waals surface area contributed by atoms with Gasteiger partial charge in [-0.05, 0) is 17.7 Å². The maximum absolute atomic E-state index is 12.8. The third-order valence-electron chi connectivity index (χ3n) is 4.51. The van der Waals surface area contributed by atoms with Crippen molar-refractivity contribution < 1.29 is 14.3 Å². The van der Waals surface area contributed by atoms with Crippen LogP contribution in [0.3, 0.4) is 0 Å². The minimum absolute atomic E-state index is 0.0747. The molecule has 1 aromatic carbocycles. The Morgan fingerprint density at radius 3 is 2.84 bits per heavy atom. The van der Waals surface area contributed by atoms with Crippen LogP contribution in [0.15, 0.2) is 45.1 Å². The third kappa shape index (κ3) is 2.18. The fourth-order valence-electron chi connectivity index (χ4n) is 3.27. The number of methoxy groups -OCH3 is 1. The molecule has 8 heteroatoms. The van der Waals surface area contributed by atoms with E-state index in [2.05, 4.69) is 10.3 Å². The third-order valence-corrected chi connectivity index (χ3v) is 4.51. The molecule has 128 valence electrons. The molecule has 1 unspecified atom stereocenters. The van der Waals surface area contributed by atoms with Crippen LogP contribution in [0.4, 0.5) is 5.82 Å². The first-order valence-corrected chi connectivity index (χ1v) is 7.65. The molecule has 2 N–H and O–H groups in total. The lowest BCUT2D eigenvalue weighted by Crippen LogP contribution is -2.39. The van der Waals surface area contributed by atoms with Gasteiger partial charge in [0.15, 0.2) is 0 Å².